The SMILES string of the molecule is NC(CCCCB(O)O)c1nnnn1CC(=O)NC1CCN(Cc2ccccc2)CC1. The van der Waals surface area contributed by atoms with E-state index in [0.717, 1.165) is 38.9 Å². The third-order valence-electron chi connectivity index (χ3n) is 5.61. The van der Waals surface area contributed by atoms with Crippen molar-refractivity contribution in [3.8, 4) is 0 Å². The molecule has 0 bridgehead atoms. The maximum Gasteiger partial charge on any atom is 0.451 e. The minimum absolute atomic E-state index is 0.0373. The molecule has 10 nitrogen and oxygen atoms in total. The Labute approximate surface area is 183 Å². The summed E-state index contributed by atoms with van der Waals surface area (Å²) in [4.78, 5) is 14.9. The van der Waals surface area contributed by atoms with Crippen LogP contribution in [-0.2, 0) is 17.9 Å². The second kappa shape index (κ2) is 11.9. The van der Waals surface area contributed by atoms with Gasteiger partial charge in [0.1, 0.15) is 6.54 Å². The summed E-state index contributed by atoms with van der Waals surface area (Å²) >= 11 is 0. The molecule has 5 N–H and O–H groups in total. The van der Waals surface area contributed by atoms with Gasteiger partial charge in [0.2, 0.25) is 5.91 Å². The molecular formula is C20H32BN7O3. The molecule has 1 saturated heterocycles. The van der Waals surface area contributed by atoms with Gasteiger partial charge in [0, 0.05) is 25.7 Å². The molecule has 31 heavy (non-hydrogen) atoms. The van der Waals surface area contributed by atoms with Crippen LogP contribution in [-0.4, -0.2) is 67.3 Å². The quantitative estimate of drug-likeness (QED) is 0.291. The number of amides is 1. The molecule has 0 spiro atoms. The molecule has 1 amide bonds. The van der Waals surface area contributed by atoms with Crippen LogP contribution < -0.4 is 11.1 Å². The lowest BCUT2D eigenvalue weighted by Gasteiger charge is -2.32. The summed E-state index contributed by atoms with van der Waals surface area (Å²) < 4.78 is 1.45. The van der Waals surface area contributed by atoms with Crippen molar-refractivity contribution in [2.24, 2.45) is 5.73 Å². The van der Waals surface area contributed by atoms with Crippen molar-refractivity contribution in [3.63, 3.8) is 0 Å². The van der Waals surface area contributed by atoms with E-state index in [1.165, 1.54) is 10.2 Å². The maximum atomic E-state index is 12.5. The van der Waals surface area contributed by atoms with Gasteiger partial charge in [-0.1, -0.05) is 43.2 Å². The predicted octanol–water partition coefficient (Wildman–Crippen LogP) is 0.0968. The number of tetrazole rings is 1. The molecule has 1 aromatic carbocycles. The summed E-state index contributed by atoms with van der Waals surface area (Å²) in [6.07, 6.45) is 4.11. The van der Waals surface area contributed by atoms with Crippen LogP contribution in [0.15, 0.2) is 30.3 Å². The van der Waals surface area contributed by atoms with Crippen LogP contribution in [0.5, 0.6) is 0 Å². The fourth-order valence-electron chi connectivity index (χ4n) is 3.90. The van der Waals surface area contributed by atoms with Crippen molar-refractivity contribution in [3.05, 3.63) is 41.7 Å². The number of nitrogens with two attached hydrogens (primary N) is 1. The number of carbonyl (C=O) groups excluding carboxylic acids is 1. The first-order valence-corrected chi connectivity index (χ1v) is 10.9. The van der Waals surface area contributed by atoms with Gasteiger partial charge in [-0.2, -0.15) is 0 Å². The molecule has 11 heteroatoms. The Bertz CT molecular complexity index is 797. The van der Waals surface area contributed by atoms with Gasteiger partial charge in [-0.15, -0.1) is 5.10 Å². The summed E-state index contributed by atoms with van der Waals surface area (Å²) in [5.41, 5.74) is 7.48. The summed E-state index contributed by atoms with van der Waals surface area (Å²) in [5, 5.41) is 32.4. The second-order valence-electron chi connectivity index (χ2n) is 8.17. The topological polar surface area (TPSA) is 142 Å². The lowest BCUT2D eigenvalue weighted by Crippen LogP contribution is -2.45. The van der Waals surface area contributed by atoms with Gasteiger partial charge in [-0.25, -0.2) is 4.68 Å². The van der Waals surface area contributed by atoms with Gasteiger partial charge in [0.15, 0.2) is 5.82 Å². The molecule has 1 aromatic heterocycles. The van der Waals surface area contributed by atoms with E-state index >= 15 is 0 Å². The van der Waals surface area contributed by atoms with E-state index in [9.17, 15) is 4.79 Å². The molecule has 168 valence electrons. The first-order chi connectivity index (χ1) is 15.0. The van der Waals surface area contributed by atoms with Gasteiger partial charge in [-0.05, 0) is 41.6 Å². The maximum absolute atomic E-state index is 12.5. The number of nitrogens with one attached hydrogen (secondary N) is 1. The number of nitrogens with zero attached hydrogens (tertiary/aromatic N) is 5. The molecule has 0 radical (unpaired) electrons. The highest BCUT2D eigenvalue weighted by atomic mass is 16.4. The van der Waals surface area contributed by atoms with Crippen molar-refractivity contribution in [2.45, 2.75) is 63.6 Å². The number of benzene rings is 1. The average Bonchev–Trinajstić information content (AvgIpc) is 3.21. The number of piperidine rings is 1. The highest BCUT2D eigenvalue weighted by molar-refractivity contribution is 6.40. The second-order valence-corrected chi connectivity index (χ2v) is 8.17. The van der Waals surface area contributed by atoms with E-state index < -0.39 is 13.2 Å². The van der Waals surface area contributed by atoms with E-state index in [2.05, 4.69) is 50.0 Å². The summed E-state index contributed by atoms with van der Waals surface area (Å²) in [5.74, 6) is 0.350. The van der Waals surface area contributed by atoms with Crippen LogP contribution in [0, 0.1) is 0 Å². The molecular weight excluding hydrogens is 397 g/mol. The average molecular weight is 429 g/mol. The van der Waals surface area contributed by atoms with E-state index in [4.69, 9.17) is 15.8 Å². The Morgan fingerprint density at radius 3 is 2.68 bits per heavy atom. The van der Waals surface area contributed by atoms with E-state index in [0.29, 0.717) is 25.0 Å². The molecule has 1 fully saturated rings. The summed E-state index contributed by atoms with van der Waals surface area (Å²) in [7, 11) is -1.30. The lowest BCUT2D eigenvalue weighted by atomic mass is 9.83. The molecule has 1 atom stereocenters. The van der Waals surface area contributed by atoms with E-state index in [-0.39, 0.29) is 18.5 Å². The molecule has 2 aromatic rings. The standard InChI is InChI=1S/C20H32BN7O3/c22-18(8-4-5-11-21(30)31)20-24-25-26-28(20)15-19(29)23-17-9-12-27(13-10-17)14-16-6-2-1-3-7-16/h1-3,6-7,17-18,30-31H,4-5,8-15,22H2,(H,23,29). The number of rotatable bonds is 11. The molecule has 2 heterocycles. The third-order valence-corrected chi connectivity index (χ3v) is 5.61. The number of likely N-dealkylation sites (tertiary alicyclic amines) is 1. The van der Waals surface area contributed by atoms with Gasteiger partial charge in [0.25, 0.3) is 0 Å². The highest BCUT2D eigenvalue weighted by Crippen LogP contribution is 2.16. The van der Waals surface area contributed by atoms with E-state index in [1.807, 2.05) is 6.07 Å². The molecule has 1 aliphatic heterocycles. The number of aromatic nitrogens is 4. The van der Waals surface area contributed by atoms with Crippen molar-refractivity contribution in [2.75, 3.05) is 13.1 Å². The zero-order chi connectivity index (χ0) is 22.1. The molecule has 1 unspecified atom stereocenters. The van der Waals surface area contributed by atoms with Gasteiger partial charge >= 0.3 is 7.12 Å². The number of carbonyl (C=O) groups is 1. The molecule has 3 rings (SSSR count). The Morgan fingerprint density at radius 2 is 1.97 bits per heavy atom. The zero-order valence-electron chi connectivity index (χ0n) is 17.8. The van der Waals surface area contributed by atoms with Crippen molar-refractivity contribution >= 4 is 13.0 Å². The van der Waals surface area contributed by atoms with Gasteiger partial charge in [-0.3, -0.25) is 9.69 Å². The van der Waals surface area contributed by atoms with Crippen molar-refractivity contribution < 1.29 is 14.8 Å². The van der Waals surface area contributed by atoms with Crippen molar-refractivity contribution in [1.29, 1.82) is 0 Å². The normalized spacial score (nSPS) is 16.2. The van der Waals surface area contributed by atoms with Crippen LogP contribution >= 0.6 is 0 Å². The fourth-order valence-corrected chi connectivity index (χ4v) is 3.90. The predicted molar refractivity (Wildman–Crippen MR) is 116 cm³/mol. The Balaban J connectivity index is 1.40. The fraction of sp³-hybridized carbons (Fsp3) is 0.600. The molecule has 0 saturated carbocycles. The van der Waals surface area contributed by atoms with Crippen LogP contribution in [0.3, 0.4) is 0 Å². The minimum Gasteiger partial charge on any atom is -0.427 e. The lowest BCUT2D eigenvalue weighted by molar-refractivity contribution is -0.123. The number of hydrogen-bond acceptors (Lipinski definition) is 8. The highest BCUT2D eigenvalue weighted by Gasteiger charge is 2.22. The molecule has 1 aliphatic rings. The van der Waals surface area contributed by atoms with Crippen LogP contribution in [0.2, 0.25) is 6.32 Å². The zero-order valence-corrected chi connectivity index (χ0v) is 17.8. The Hall–Kier alpha value is -2.34. The third kappa shape index (κ3) is 7.69. The van der Waals surface area contributed by atoms with Crippen LogP contribution in [0.25, 0.3) is 0 Å². The van der Waals surface area contributed by atoms with Gasteiger partial charge in [0.05, 0.1) is 6.04 Å². The number of hydrogen-bond donors (Lipinski definition) is 4. The Kier molecular flexibility index (Phi) is 8.95. The van der Waals surface area contributed by atoms with E-state index in [1.54, 1.807) is 0 Å². The van der Waals surface area contributed by atoms with Gasteiger partial charge < -0.3 is 21.1 Å². The Morgan fingerprint density at radius 1 is 1.23 bits per heavy atom. The van der Waals surface area contributed by atoms with Crippen LogP contribution in [0.4, 0.5) is 0 Å². The first kappa shape index (κ1) is 23.3. The smallest absolute Gasteiger partial charge is 0.427 e. The van der Waals surface area contributed by atoms with Crippen molar-refractivity contribution in [1.82, 2.24) is 30.4 Å². The summed E-state index contributed by atoms with van der Waals surface area (Å²) in [6, 6.07) is 10.2. The molecule has 0 aliphatic carbocycles. The monoisotopic (exact) mass is 429 g/mol. The largest absolute Gasteiger partial charge is 0.451 e. The first-order valence-electron chi connectivity index (χ1n) is 10.9. The minimum atomic E-state index is -1.30. The number of unbranched alkanes of at least 4 members (excludes halogenated alkanes) is 1. The summed E-state index contributed by atoms with van der Waals surface area (Å²) in [6.45, 7) is 2.87. The van der Waals surface area contributed by atoms with Crippen LogP contribution in [0.1, 0.15) is 49.5 Å².